The van der Waals surface area contributed by atoms with Crippen molar-refractivity contribution in [1.82, 2.24) is 4.90 Å². The fourth-order valence-electron chi connectivity index (χ4n) is 3.44. The maximum atomic E-state index is 6.20. The number of benzene rings is 1. The van der Waals surface area contributed by atoms with Crippen molar-refractivity contribution in [2.45, 2.75) is 64.0 Å². The summed E-state index contributed by atoms with van der Waals surface area (Å²) >= 11 is 0. The fourth-order valence-corrected chi connectivity index (χ4v) is 3.44. The third-order valence-corrected chi connectivity index (χ3v) is 5.01. The Morgan fingerprint density at radius 3 is 2.10 bits per heavy atom. The molecule has 1 saturated carbocycles. The number of nitrogens with two attached hydrogens (primary N) is 1. The largest absolute Gasteiger partial charge is 0.329 e. The molecule has 1 fully saturated rings. The highest BCUT2D eigenvalue weighted by Crippen LogP contribution is 2.31. The second-order valence-electron chi connectivity index (χ2n) is 6.54. The Labute approximate surface area is 124 Å². The molecule has 1 aliphatic rings. The summed E-state index contributed by atoms with van der Waals surface area (Å²) in [6.07, 6.45) is 9.32. The highest BCUT2D eigenvalue weighted by atomic mass is 15.2. The van der Waals surface area contributed by atoms with E-state index in [0.717, 1.165) is 13.1 Å². The third-order valence-electron chi connectivity index (χ3n) is 5.01. The molecule has 112 valence electrons. The predicted molar refractivity (Wildman–Crippen MR) is 86.8 cm³/mol. The lowest BCUT2D eigenvalue weighted by Gasteiger charge is -2.43. The van der Waals surface area contributed by atoms with Crippen molar-refractivity contribution in [2.24, 2.45) is 5.73 Å². The first-order valence-corrected chi connectivity index (χ1v) is 8.13. The minimum atomic E-state index is 0.214. The first-order chi connectivity index (χ1) is 9.66. The van der Waals surface area contributed by atoms with Crippen LogP contribution in [0, 0.1) is 6.92 Å². The van der Waals surface area contributed by atoms with E-state index in [0.29, 0.717) is 0 Å². The van der Waals surface area contributed by atoms with E-state index in [2.05, 4.69) is 43.1 Å². The molecule has 0 heterocycles. The minimum Gasteiger partial charge on any atom is -0.329 e. The van der Waals surface area contributed by atoms with Gasteiger partial charge in [-0.3, -0.25) is 4.90 Å². The van der Waals surface area contributed by atoms with Crippen LogP contribution >= 0.6 is 0 Å². The van der Waals surface area contributed by atoms with Crippen LogP contribution in [-0.4, -0.2) is 24.0 Å². The summed E-state index contributed by atoms with van der Waals surface area (Å²) in [7, 11) is 2.26. The van der Waals surface area contributed by atoms with Gasteiger partial charge in [0.2, 0.25) is 0 Å². The highest BCUT2D eigenvalue weighted by molar-refractivity contribution is 5.21. The summed E-state index contributed by atoms with van der Waals surface area (Å²) in [4.78, 5) is 2.52. The molecule has 0 unspecified atom stereocenters. The lowest BCUT2D eigenvalue weighted by molar-refractivity contribution is 0.0865. The third kappa shape index (κ3) is 3.83. The number of nitrogens with zero attached hydrogens (tertiary/aromatic N) is 1. The zero-order valence-corrected chi connectivity index (χ0v) is 13.2. The normalized spacial score (nSPS) is 19.6. The van der Waals surface area contributed by atoms with Gasteiger partial charge in [-0.1, -0.05) is 61.9 Å². The molecule has 2 nitrogen and oxygen atoms in total. The van der Waals surface area contributed by atoms with Crippen LogP contribution in [0.1, 0.15) is 56.1 Å². The Kier molecular flexibility index (Phi) is 5.62. The molecule has 1 aliphatic carbocycles. The molecule has 2 heteroatoms. The Morgan fingerprint density at radius 1 is 1.00 bits per heavy atom. The standard InChI is InChI=1S/C18H30N2/c1-16-8-10-17(11-9-16)14-20(2)18(15-19)12-6-4-3-5-7-13-18/h8-11H,3-7,12-15,19H2,1-2H3. The van der Waals surface area contributed by atoms with Gasteiger partial charge in [0.1, 0.15) is 0 Å². The van der Waals surface area contributed by atoms with Crippen LogP contribution in [0.25, 0.3) is 0 Å². The molecule has 0 bridgehead atoms. The smallest absolute Gasteiger partial charge is 0.0332 e. The average Bonchev–Trinajstić information content (AvgIpc) is 2.42. The molecule has 20 heavy (non-hydrogen) atoms. The molecule has 2 rings (SSSR count). The molecule has 1 aromatic rings. The summed E-state index contributed by atoms with van der Waals surface area (Å²) in [5, 5.41) is 0. The first kappa shape index (κ1) is 15.5. The zero-order valence-electron chi connectivity index (χ0n) is 13.2. The molecular weight excluding hydrogens is 244 g/mol. The molecule has 0 atom stereocenters. The van der Waals surface area contributed by atoms with Crippen molar-refractivity contribution in [3.63, 3.8) is 0 Å². The molecule has 1 aromatic carbocycles. The number of hydrogen-bond donors (Lipinski definition) is 1. The number of aryl methyl sites for hydroxylation is 1. The summed E-state index contributed by atoms with van der Waals surface area (Å²) in [6, 6.07) is 8.91. The van der Waals surface area contributed by atoms with Gasteiger partial charge in [0, 0.05) is 18.6 Å². The molecule has 0 amide bonds. The van der Waals surface area contributed by atoms with Gasteiger partial charge in [0.15, 0.2) is 0 Å². The van der Waals surface area contributed by atoms with E-state index in [1.807, 2.05) is 0 Å². The van der Waals surface area contributed by atoms with E-state index in [4.69, 9.17) is 5.73 Å². The molecule has 0 radical (unpaired) electrons. The topological polar surface area (TPSA) is 29.3 Å². The van der Waals surface area contributed by atoms with Crippen molar-refractivity contribution < 1.29 is 0 Å². The molecule has 0 aliphatic heterocycles. The molecule has 0 spiro atoms. The average molecular weight is 274 g/mol. The van der Waals surface area contributed by atoms with Crippen LogP contribution < -0.4 is 5.73 Å². The van der Waals surface area contributed by atoms with Crippen molar-refractivity contribution in [3.8, 4) is 0 Å². The van der Waals surface area contributed by atoms with Crippen LogP contribution in [0.4, 0.5) is 0 Å². The van der Waals surface area contributed by atoms with E-state index in [-0.39, 0.29) is 5.54 Å². The lowest BCUT2D eigenvalue weighted by Crippen LogP contribution is -2.52. The van der Waals surface area contributed by atoms with Gasteiger partial charge in [-0.2, -0.15) is 0 Å². The van der Waals surface area contributed by atoms with Crippen molar-refractivity contribution >= 4 is 0 Å². The monoisotopic (exact) mass is 274 g/mol. The lowest BCUT2D eigenvalue weighted by atomic mass is 9.82. The summed E-state index contributed by atoms with van der Waals surface area (Å²) < 4.78 is 0. The Morgan fingerprint density at radius 2 is 1.55 bits per heavy atom. The van der Waals surface area contributed by atoms with Crippen LogP contribution in [0.5, 0.6) is 0 Å². The molecule has 2 N–H and O–H groups in total. The predicted octanol–water partition coefficient (Wildman–Crippen LogP) is 3.87. The first-order valence-electron chi connectivity index (χ1n) is 8.13. The van der Waals surface area contributed by atoms with Crippen LogP contribution in [0.2, 0.25) is 0 Å². The van der Waals surface area contributed by atoms with Gasteiger partial charge in [0.05, 0.1) is 0 Å². The SMILES string of the molecule is Cc1ccc(CN(C)C2(CN)CCCCCCC2)cc1. The Hall–Kier alpha value is -0.860. The van der Waals surface area contributed by atoms with E-state index in [1.165, 1.54) is 56.1 Å². The van der Waals surface area contributed by atoms with Gasteiger partial charge in [-0.15, -0.1) is 0 Å². The van der Waals surface area contributed by atoms with Crippen molar-refractivity contribution in [2.75, 3.05) is 13.6 Å². The molecular formula is C18H30N2. The van der Waals surface area contributed by atoms with Crippen LogP contribution in [-0.2, 0) is 6.54 Å². The Bertz CT molecular complexity index is 388. The van der Waals surface area contributed by atoms with E-state index in [9.17, 15) is 0 Å². The number of rotatable bonds is 4. The van der Waals surface area contributed by atoms with Gasteiger partial charge >= 0.3 is 0 Å². The van der Waals surface area contributed by atoms with E-state index in [1.54, 1.807) is 0 Å². The maximum absolute atomic E-state index is 6.20. The summed E-state index contributed by atoms with van der Waals surface area (Å²) in [6.45, 7) is 3.94. The molecule has 0 saturated heterocycles. The number of likely N-dealkylation sites (N-methyl/N-ethyl adjacent to an activating group) is 1. The second-order valence-corrected chi connectivity index (χ2v) is 6.54. The summed E-state index contributed by atoms with van der Waals surface area (Å²) in [5.74, 6) is 0. The quantitative estimate of drug-likeness (QED) is 0.903. The van der Waals surface area contributed by atoms with Crippen LogP contribution in [0.3, 0.4) is 0 Å². The van der Waals surface area contributed by atoms with E-state index >= 15 is 0 Å². The zero-order chi connectivity index (χ0) is 14.4. The van der Waals surface area contributed by atoms with Crippen molar-refractivity contribution in [3.05, 3.63) is 35.4 Å². The van der Waals surface area contributed by atoms with Crippen molar-refractivity contribution in [1.29, 1.82) is 0 Å². The molecule has 0 aromatic heterocycles. The maximum Gasteiger partial charge on any atom is 0.0332 e. The van der Waals surface area contributed by atoms with Gasteiger partial charge in [-0.05, 0) is 32.4 Å². The van der Waals surface area contributed by atoms with Crippen LogP contribution in [0.15, 0.2) is 24.3 Å². The van der Waals surface area contributed by atoms with E-state index < -0.39 is 0 Å². The Balaban J connectivity index is 2.06. The highest BCUT2D eigenvalue weighted by Gasteiger charge is 2.32. The fraction of sp³-hybridized carbons (Fsp3) is 0.667. The minimum absolute atomic E-state index is 0.214. The second kappa shape index (κ2) is 7.24. The number of hydrogen-bond acceptors (Lipinski definition) is 2. The van der Waals surface area contributed by atoms with Gasteiger partial charge in [0.25, 0.3) is 0 Å². The summed E-state index contributed by atoms with van der Waals surface area (Å²) in [5.41, 5.74) is 9.14. The van der Waals surface area contributed by atoms with Gasteiger partial charge in [-0.25, -0.2) is 0 Å². The van der Waals surface area contributed by atoms with Gasteiger partial charge < -0.3 is 5.73 Å².